The Morgan fingerprint density at radius 2 is 2.00 bits per heavy atom. The van der Waals surface area contributed by atoms with Gasteiger partial charge in [-0.25, -0.2) is 9.59 Å². The van der Waals surface area contributed by atoms with Crippen molar-refractivity contribution in [2.75, 3.05) is 25.6 Å². The lowest BCUT2D eigenvalue weighted by atomic mass is 9.93. The van der Waals surface area contributed by atoms with E-state index in [0.717, 1.165) is 11.2 Å². The van der Waals surface area contributed by atoms with E-state index in [9.17, 15) is 44.8 Å². The number of anilines is 1. The molecule has 0 bridgehead atoms. The van der Waals surface area contributed by atoms with Gasteiger partial charge in [0.25, 0.3) is 5.79 Å². The molecule has 3 unspecified atom stereocenters. The maximum Gasteiger partial charge on any atom is 0.364 e. The number of carbonyl (C=O) groups is 1. The van der Waals surface area contributed by atoms with Crippen LogP contribution >= 0.6 is 7.60 Å². The highest BCUT2D eigenvalue weighted by Gasteiger charge is 2.57. The third-order valence-corrected chi connectivity index (χ3v) is 6.92. The van der Waals surface area contributed by atoms with Gasteiger partial charge in [-0.1, -0.05) is 0 Å². The molecule has 36 heavy (non-hydrogen) atoms. The predicted octanol–water partition coefficient (Wildman–Crippen LogP) is -4.05. The van der Waals surface area contributed by atoms with Crippen LogP contribution < -0.4 is 11.4 Å². The van der Waals surface area contributed by atoms with E-state index < -0.39 is 93.6 Å². The van der Waals surface area contributed by atoms with E-state index in [0.29, 0.717) is 0 Å². The summed E-state index contributed by atoms with van der Waals surface area (Å²) in [5, 5.41) is 69.4. The lowest BCUT2D eigenvalue weighted by Gasteiger charge is -2.44. The maximum atomic E-state index is 13.0. The van der Waals surface area contributed by atoms with E-state index in [-0.39, 0.29) is 5.82 Å². The first-order chi connectivity index (χ1) is 16.7. The minimum Gasteiger partial charge on any atom is -0.477 e. The summed E-state index contributed by atoms with van der Waals surface area (Å²) in [5.74, 6) is -4.82. The Labute approximate surface area is 202 Å². The standard InChI is InChI=1S/C18H28N3O14P/c1-36(31,35-18(16(28)29)4-7(23)11(25)14(34-18)8(24)5-22)32-6-9-12(26)13(27)15(33-9)21-3-2-10(19)20-17(21)30/h2-3,7-9,11-15,22-27H,4-6H2,1H3,(H,28,29)(H2,19,20,30)/t7?,8-,9-,11-,12+,13+,14?,15-,18-,36?/m1/s1. The molecule has 3 rings (SSSR count). The van der Waals surface area contributed by atoms with Gasteiger partial charge in [0.1, 0.15) is 42.4 Å². The Balaban J connectivity index is 1.73. The van der Waals surface area contributed by atoms with Crippen molar-refractivity contribution in [3.8, 4) is 0 Å². The summed E-state index contributed by atoms with van der Waals surface area (Å²) in [7, 11) is -4.41. The molecule has 2 aliphatic rings. The highest BCUT2D eigenvalue weighted by Crippen LogP contribution is 2.51. The van der Waals surface area contributed by atoms with Gasteiger partial charge in [0, 0.05) is 19.3 Å². The Kier molecular flexibility index (Phi) is 8.54. The predicted molar refractivity (Wildman–Crippen MR) is 114 cm³/mol. The van der Waals surface area contributed by atoms with Crippen LogP contribution in [0, 0.1) is 0 Å². The summed E-state index contributed by atoms with van der Waals surface area (Å²) in [4.78, 5) is 27.5. The Bertz CT molecular complexity index is 1060. The van der Waals surface area contributed by atoms with Gasteiger partial charge in [-0.3, -0.25) is 13.7 Å². The van der Waals surface area contributed by atoms with Crippen LogP contribution in [0.25, 0.3) is 0 Å². The van der Waals surface area contributed by atoms with Crippen LogP contribution in [0.5, 0.6) is 0 Å². The summed E-state index contributed by atoms with van der Waals surface area (Å²) in [6, 6.07) is 1.25. The van der Waals surface area contributed by atoms with Crippen molar-refractivity contribution in [1.82, 2.24) is 9.55 Å². The van der Waals surface area contributed by atoms with E-state index >= 15 is 0 Å². The topological polar surface area (TPSA) is 274 Å². The molecule has 0 aromatic carbocycles. The number of carboxylic acid groups (broad SMARTS) is 1. The Morgan fingerprint density at radius 1 is 1.33 bits per heavy atom. The SMILES string of the molecule is CP(=O)(OC[C@H]1O[C@@H](n2ccc(N)nc2=O)[C@@H](O)[C@H]1O)O[C@@]1(C(=O)O)CC(O)[C@@H](O)C([C@H](O)CO)O1. The molecule has 0 saturated carbocycles. The van der Waals surface area contributed by atoms with Crippen LogP contribution in [0.1, 0.15) is 12.6 Å². The Morgan fingerprint density at radius 3 is 2.58 bits per heavy atom. The van der Waals surface area contributed by atoms with E-state index in [2.05, 4.69) is 4.98 Å². The summed E-state index contributed by atoms with van der Waals surface area (Å²) in [6.07, 6.45) is -13.0. The lowest BCUT2D eigenvalue weighted by molar-refractivity contribution is -0.300. The number of carboxylic acids is 1. The molecule has 2 aliphatic heterocycles. The number of rotatable bonds is 9. The first kappa shape index (κ1) is 28.5. The smallest absolute Gasteiger partial charge is 0.364 e. The molecule has 0 amide bonds. The van der Waals surface area contributed by atoms with Crippen molar-refractivity contribution in [2.24, 2.45) is 0 Å². The van der Waals surface area contributed by atoms with Crippen LogP contribution in [0.3, 0.4) is 0 Å². The maximum absolute atomic E-state index is 13.0. The van der Waals surface area contributed by atoms with Crippen molar-refractivity contribution in [3.63, 3.8) is 0 Å². The molecule has 0 radical (unpaired) electrons. The zero-order valence-corrected chi connectivity index (χ0v) is 19.7. The number of aliphatic carboxylic acids is 1. The summed E-state index contributed by atoms with van der Waals surface area (Å²) < 4.78 is 34.7. The van der Waals surface area contributed by atoms with Gasteiger partial charge in [0.15, 0.2) is 6.23 Å². The minimum absolute atomic E-state index is 0.0862. The molecule has 1 aromatic rings. The number of nitrogen functional groups attached to an aromatic ring is 1. The summed E-state index contributed by atoms with van der Waals surface area (Å²) in [5.41, 5.74) is 4.54. The third-order valence-electron chi connectivity index (χ3n) is 5.68. The third kappa shape index (κ3) is 5.76. The molecule has 10 atom stereocenters. The molecule has 2 saturated heterocycles. The molecule has 3 heterocycles. The molecule has 1 aromatic heterocycles. The van der Waals surface area contributed by atoms with Crippen LogP contribution in [-0.4, -0.2) is 120 Å². The van der Waals surface area contributed by atoms with E-state index in [1.807, 2.05) is 0 Å². The number of aromatic nitrogens is 2. The van der Waals surface area contributed by atoms with E-state index in [4.69, 9.17) is 29.4 Å². The number of nitrogens with two attached hydrogens (primary N) is 1. The van der Waals surface area contributed by atoms with Gasteiger partial charge in [0.2, 0.25) is 0 Å². The monoisotopic (exact) mass is 541 g/mol. The summed E-state index contributed by atoms with van der Waals surface area (Å²) >= 11 is 0. The average molecular weight is 541 g/mol. The number of aliphatic hydroxyl groups is 6. The Hall–Kier alpha value is -2.02. The van der Waals surface area contributed by atoms with Gasteiger partial charge in [-0.15, -0.1) is 0 Å². The van der Waals surface area contributed by atoms with Crippen molar-refractivity contribution in [3.05, 3.63) is 22.7 Å². The first-order valence-corrected chi connectivity index (χ1v) is 12.6. The molecule has 18 heteroatoms. The number of hydrogen-bond donors (Lipinski definition) is 8. The van der Waals surface area contributed by atoms with Crippen LogP contribution in [0.2, 0.25) is 0 Å². The number of nitrogens with zero attached hydrogens (tertiary/aromatic N) is 2. The van der Waals surface area contributed by atoms with Crippen molar-refractivity contribution in [2.45, 2.75) is 61.2 Å². The van der Waals surface area contributed by atoms with E-state index in [1.54, 1.807) is 0 Å². The highest BCUT2D eigenvalue weighted by molar-refractivity contribution is 7.53. The fourth-order valence-corrected chi connectivity index (χ4v) is 5.02. The second-order valence-electron chi connectivity index (χ2n) is 8.40. The van der Waals surface area contributed by atoms with Gasteiger partial charge in [0.05, 0.1) is 19.3 Å². The molecule has 9 N–H and O–H groups in total. The quantitative estimate of drug-likeness (QED) is 0.138. The molecule has 204 valence electrons. The van der Waals surface area contributed by atoms with Gasteiger partial charge in [-0.05, 0) is 6.07 Å². The largest absolute Gasteiger partial charge is 0.477 e. The zero-order chi connectivity index (χ0) is 27.0. The first-order valence-electron chi connectivity index (χ1n) is 10.6. The summed E-state index contributed by atoms with van der Waals surface area (Å²) in [6.45, 7) is -0.833. The van der Waals surface area contributed by atoms with Crippen molar-refractivity contribution in [1.29, 1.82) is 0 Å². The molecule has 2 fully saturated rings. The molecule has 0 spiro atoms. The van der Waals surface area contributed by atoms with Gasteiger partial charge < -0.3 is 55.5 Å². The normalized spacial score (nSPS) is 37.4. The molecule has 17 nitrogen and oxygen atoms in total. The van der Waals surface area contributed by atoms with Gasteiger partial charge >= 0.3 is 19.3 Å². The molecular formula is C18H28N3O14P. The van der Waals surface area contributed by atoms with E-state index in [1.165, 1.54) is 12.3 Å². The van der Waals surface area contributed by atoms with Crippen molar-refractivity contribution >= 4 is 19.4 Å². The minimum atomic E-state index is -4.41. The number of aliphatic hydroxyl groups excluding tert-OH is 6. The highest BCUT2D eigenvalue weighted by atomic mass is 31.2. The fourth-order valence-electron chi connectivity index (χ4n) is 3.82. The van der Waals surface area contributed by atoms with Crippen LogP contribution in [0.4, 0.5) is 5.82 Å². The lowest BCUT2D eigenvalue weighted by Crippen LogP contribution is -2.62. The number of ether oxygens (including phenoxy) is 2. The average Bonchev–Trinajstić information content (AvgIpc) is 3.07. The second kappa shape index (κ2) is 10.8. The zero-order valence-electron chi connectivity index (χ0n) is 18.8. The van der Waals surface area contributed by atoms with Crippen molar-refractivity contribution < 1.29 is 63.6 Å². The van der Waals surface area contributed by atoms with Gasteiger partial charge in [-0.2, -0.15) is 4.98 Å². The number of hydrogen-bond acceptors (Lipinski definition) is 15. The van der Waals surface area contributed by atoms with Crippen LogP contribution in [0.15, 0.2) is 17.1 Å². The fraction of sp³-hybridized carbons (Fsp3) is 0.722. The second-order valence-corrected chi connectivity index (χ2v) is 10.4. The van der Waals surface area contributed by atoms with Crippen LogP contribution in [-0.2, 0) is 27.9 Å². The molecule has 0 aliphatic carbocycles. The molecular weight excluding hydrogens is 513 g/mol.